The van der Waals surface area contributed by atoms with E-state index in [4.69, 9.17) is 28.8 Å². The molecule has 2 aliphatic heterocycles. The molecule has 0 bridgehead atoms. The van der Waals surface area contributed by atoms with Crippen LogP contribution in [-0.4, -0.2) is 104 Å². The Kier molecular flexibility index (Phi) is 15.4. The van der Waals surface area contributed by atoms with Crippen molar-refractivity contribution in [1.82, 2.24) is 15.1 Å². The molecular weight excluding hydrogens is 694 g/mol. The number of carboxylic acid groups (broad SMARTS) is 1. The highest BCUT2D eigenvalue weighted by Crippen LogP contribution is 2.42. The van der Waals surface area contributed by atoms with Crippen molar-refractivity contribution in [3.8, 4) is 11.5 Å². The average molecular weight is 748 g/mol. The van der Waals surface area contributed by atoms with E-state index in [9.17, 15) is 19.2 Å². The van der Waals surface area contributed by atoms with E-state index < -0.39 is 54.3 Å². The summed E-state index contributed by atoms with van der Waals surface area (Å²) in [4.78, 5) is 52.5. The predicted molar refractivity (Wildman–Crippen MR) is 201 cm³/mol. The minimum Gasteiger partial charge on any atom is -0.497 e. The van der Waals surface area contributed by atoms with Crippen molar-refractivity contribution < 1.29 is 48.0 Å². The van der Waals surface area contributed by atoms with E-state index in [0.29, 0.717) is 11.5 Å². The number of amides is 3. The fourth-order valence-electron chi connectivity index (χ4n) is 6.57. The zero-order chi connectivity index (χ0) is 39.3. The largest absolute Gasteiger partial charge is 0.497 e. The first-order chi connectivity index (χ1) is 26.0. The van der Waals surface area contributed by atoms with Gasteiger partial charge in [0.05, 0.1) is 39.6 Å². The Bertz CT molecular complexity index is 1610. The number of urea groups is 1. The van der Waals surface area contributed by atoms with Gasteiger partial charge in [0.15, 0.2) is 0 Å². The first-order valence-corrected chi connectivity index (χ1v) is 18.4. The van der Waals surface area contributed by atoms with Crippen molar-refractivity contribution in [3.05, 3.63) is 95.6 Å². The number of hydrogen-bond donors (Lipinski definition) is 2. The third-order valence-corrected chi connectivity index (χ3v) is 9.74. The molecule has 2 N–H and O–H groups in total. The minimum absolute atomic E-state index is 0.0930. The number of nitrogens with one attached hydrogen (secondary N) is 1. The van der Waals surface area contributed by atoms with Gasteiger partial charge in [0.2, 0.25) is 5.91 Å². The summed E-state index contributed by atoms with van der Waals surface area (Å²) in [5, 5.41) is 11.4. The Hall–Kier alpha value is -4.98. The van der Waals surface area contributed by atoms with Crippen molar-refractivity contribution in [1.29, 1.82) is 0 Å². The van der Waals surface area contributed by atoms with Gasteiger partial charge in [0, 0.05) is 13.0 Å². The van der Waals surface area contributed by atoms with E-state index in [2.05, 4.69) is 31.0 Å². The minimum atomic E-state index is -1.19. The number of methoxy groups -OCH3 is 2. The lowest BCUT2D eigenvalue weighted by Crippen LogP contribution is -2.57. The number of rotatable bonds is 16. The van der Waals surface area contributed by atoms with Crippen molar-refractivity contribution in [3.63, 3.8) is 0 Å². The number of carbonyl (C=O) groups is 4. The molecule has 3 amide bonds. The van der Waals surface area contributed by atoms with Crippen LogP contribution >= 0.6 is 0 Å². The predicted octanol–water partition coefficient (Wildman–Crippen LogP) is 5.44. The second kappa shape index (κ2) is 19.9. The Morgan fingerprint density at radius 1 is 0.852 bits per heavy atom. The molecule has 0 aromatic heterocycles. The van der Waals surface area contributed by atoms with Crippen LogP contribution in [0.2, 0.25) is 0 Å². The maximum Gasteiger partial charge on any atom is 0.326 e. The summed E-state index contributed by atoms with van der Waals surface area (Å²) in [5.41, 5.74) is 1.18. The van der Waals surface area contributed by atoms with E-state index in [1.165, 1.54) is 24.5 Å². The fraction of sp³-hybridized carbons (Fsp3) is 0.463. The van der Waals surface area contributed by atoms with Crippen LogP contribution in [0.5, 0.6) is 11.5 Å². The van der Waals surface area contributed by atoms with E-state index in [1.54, 1.807) is 21.1 Å². The summed E-state index contributed by atoms with van der Waals surface area (Å²) in [5.74, 6) is -1.37. The molecule has 3 aromatic carbocycles. The summed E-state index contributed by atoms with van der Waals surface area (Å²) < 4.78 is 29.9. The molecule has 5 rings (SSSR count). The molecule has 2 saturated heterocycles. The van der Waals surface area contributed by atoms with Crippen LogP contribution in [0.4, 0.5) is 4.79 Å². The van der Waals surface area contributed by atoms with Crippen LogP contribution in [-0.2, 0) is 34.2 Å². The number of benzene rings is 3. The first-order valence-electron chi connectivity index (χ1n) is 18.4. The zero-order valence-corrected chi connectivity index (χ0v) is 32.0. The highest BCUT2D eigenvalue weighted by molar-refractivity contribution is 5.97. The lowest BCUT2D eigenvalue weighted by molar-refractivity contribution is -0.158. The first kappa shape index (κ1) is 41.8. The van der Waals surface area contributed by atoms with Crippen LogP contribution < -0.4 is 14.8 Å². The SMILES string of the molecule is CCN(CC)CC.COc1ccc(C(OC[C@H]2O[C@@H](N3CC(C)C(=O)NC3=O)C[C@@H]2OC(=O)CCC(=O)O)(c2ccccc2)c2ccc(OC)cc2)cc1. The van der Waals surface area contributed by atoms with Crippen molar-refractivity contribution in [2.45, 2.75) is 71.0 Å². The third kappa shape index (κ3) is 10.4. The molecule has 2 heterocycles. The maximum absolute atomic E-state index is 12.8. The molecule has 54 heavy (non-hydrogen) atoms. The lowest BCUT2D eigenvalue weighted by Gasteiger charge is -2.37. The summed E-state index contributed by atoms with van der Waals surface area (Å²) >= 11 is 0. The second-order valence-corrected chi connectivity index (χ2v) is 13.1. The van der Waals surface area contributed by atoms with Crippen molar-refractivity contribution >= 4 is 23.9 Å². The standard InChI is InChI=1S/C35H38N2O10.C6H15N/c1-22-20-37(34(42)36-33(22)41)30-19-28(47-32(40)18-17-31(38)39)29(46-30)21-45-35(23-7-5-4-6-8-23,24-9-13-26(43-2)14-10-24)25-11-15-27(44-3)16-12-25;1-4-7(5-2)6-3/h4-16,22,28-30H,17-21H2,1-3H3,(H,38,39)(H,36,41,42);4-6H2,1-3H3/t22?,28-,29+,30+;/m0./s1. The quantitative estimate of drug-likeness (QED) is 0.142. The van der Waals surface area contributed by atoms with Gasteiger partial charge in [-0.05, 0) is 60.6 Å². The van der Waals surface area contributed by atoms with Crippen molar-refractivity contribution in [2.75, 3.05) is 47.0 Å². The molecule has 13 heteroatoms. The molecule has 4 atom stereocenters. The van der Waals surface area contributed by atoms with Crippen molar-refractivity contribution in [2.24, 2.45) is 5.92 Å². The van der Waals surface area contributed by atoms with E-state index in [1.807, 2.05) is 78.9 Å². The highest BCUT2D eigenvalue weighted by atomic mass is 16.6. The number of hydrogen-bond acceptors (Lipinski definition) is 10. The monoisotopic (exact) mass is 747 g/mol. The van der Waals surface area contributed by atoms with Crippen LogP contribution in [0.1, 0.15) is 63.6 Å². The van der Waals surface area contributed by atoms with Crippen LogP contribution in [0.15, 0.2) is 78.9 Å². The molecule has 0 spiro atoms. The van der Waals surface area contributed by atoms with Crippen LogP contribution in [0.3, 0.4) is 0 Å². The lowest BCUT2D eigenvalue weighted by atomic mass is 9.80. The zero-order valence-electron chi connectivity index (χ0n) is 32.0. The van der Waals surface area contributed by atoms with Gasteiger partial charge in [-0.15, -0.1) is 0 Å². The fourth-order valence-corrected chi connectivity index (χ4v) is 6.57. The van der Waals surface area contributed by atoms with E-state index >= 15 is 0 Å². The molecule has 292 valence electrons. The van der Waals surface area contributed by atoms with Gasteiger partial charge in [-0.25, -0.2) is 4.79 Å². The summed E-state index contributed by atoms with van der Waals surface area (Å²) in [6.45, 7) is 11.9. The highest BCUT2D eigenvalue weighted by Gasteiger charge is 2.47. The second-order valence-electron chi connectivity index (χ2n) is 13.1. The molecule has 2 aliphatic rings. The van der Waals surface area contributed by atoms with Gasteiger partial charge in [0.1, 0.15) is 35.5 Å². The number of esters is 1. The molecular formula is C41H53N3O10. The average Bonchev–Trinajstić information content (AvgIpc) is 3.59. The van der Waals surface area contributed by atoms with E-state index in [0.717, 1.165) is 16.7 Å². The summed E-state index contributed by atoms with van der Waals surface area (Å²) in [6.07, 6.45) is -3.17. The molecule has 3 aromatic rings. The molecule has 13 nitrogen and oxygen atoms in total. The number of nitrogens with zero attached hydrogens (tertiary/aromatic N) is 2. The third-order valence-electron chi connectivity index (χ3n) is 9.74. The Balaban J connectivity index is 0.000000845. The molecule has 1 unspecified atom stereocenters. The smallest absolute Gasteiger partial charge is 0.326 e. The van der Waals surface area contributed by atoms with E-state index in [-0.39, 0.29) is 31.9 Å². The van der Waals surface area contributed by atoms with Gasteiger partial charge in [-0.3, -0.25) is 24.6 Å². The van der Waals surface area contributed by atoms with Gasteiger partial charge in [0.25, 0.3) is 0 Å². The molecule has 2 fully saturated rings. The number of carboxylic acids is 1. The van der Waals surface area contributed by atoms with Crippen LogP contribution in [0, 0.1) is 5.92 Å². The number of aliphatic carboxylic acids is 1. The van der Waals surface area contributed by atoms with Gasteiger partial charge in [-0.1, -0.05) is 82.3 Å². The Labute approximate surface area is 317 Å². The number of carbonyl (C=O) groups excluding carboxylic acids is 3. The Morgan fingerprint density at radius 3 is 1.87 bits per heavy atom. The summed E-state index contributed by atoms with van der Waals surface area (Å²) in [6, 6.07) is 24.0. The normalized spacial score (nSPS) is 19.8. The van der Waals surface area contributed by atoms with Gasteiger partial charge < -0.3 is 33.7 Å². The molecule has 0 aliphatic carbocycles. The van der Waals surface area contributed by atoms with Crippen LogP contribution in [0.25, 0.3) is 0 Å². The number of ether oxygens (including phenoxy) is 5. The molecule has 0 saturated carbocycles. The Morgan fingerprint density at radius 2 is 1.39 bits per heavy atom. The van der Waals surface area contributed by atoms with Gasteiger partial charge in [-0.2, -0.15) is 0 Å². The molecule has 0 radical (unpaired) electrons. The summed E-state index contributed by atoms with van der Waals surface area (Å²) in [7, 11) is 3.18. The van der Waals surface area contributed by atoms with Gasteiger partial charge >= 0.3 is 18.0 Å². The topological polar surface area (TPSA) is 153 Å². The number of imide groups is 1. The maximum atomic E-state index is 12.8.